The maximum absolute atomic E-state index is 12.6. The van der Waals surface area contributed by atoms with Gasteiger partial charge in [0.1, 0.15) is 9.88 Å². The lowest BCUT2D eigenvalue weighted by Crippen LogP contribution is -2.26. The molecule has 6 nitrogen and oxygen atoms in total. The molecule has 27 heavy (non-hydrogen) atoms. The zero-order chi connectivity index (χ0) is 19.4. The Hall–Kier alpha value is -2.58. The molecule has 8 heteroatoms. The monoisotopic (exact) mass is 404 g/mol. The van der Waals surface area contributed by atoms with Gasteiger partial charge in [-0.05, 0) is 36.1 Å². The average Bonchev–Trinajstić information content (AvgIpc) is 3.37. The Balaban J connectivity index is 1.78. The lowest BCUT2D eigenvalue weighted by molar-refractivity contribution is 0.0943. The molecule has 0 aliphatic heterocycles. The summed E-state index contributed by atoms with van der Waals surface area (Å²) in [6.07, 6.45) is 1.61. The van der Waals surface area contributed by atoms with Crippen molar-refractivity contribution in [1.29, 1.82) is 0 Å². The molecule has 1 amide bonds. The molecule has 0 bridgehead atoms. The number of ether oxygens (including phenoxy) is 3. The molecular weight excluding hydrogens is 384 g/mol. The number of thiophene rings is 1. The Labute approximate surface area is 165 Å². The Kier molecular flexibility index (Phi) is 5.98. The van der Waals surface area contributed by atoms with Crippen molar-refractivity contribution in [3.05, 3.63) is 45.6 Å². The van der Waals surface area contributed by atoms with Gasteiger partial charge in [0.05, 0.1) is 33.6 Å². The normalized spacial score (nSPS) is 11.7. The van der Waals surface area contributed by atoms with Crippen molar-refractivity contribution in [2.45, 2.75) is 13.0 Å². The number of benzene rings is 1. The largest absolute Gasteiger partial charge is 0.493 e. The van der Waals surface area contributed by atoms with Crippen LogP contribution in [0.1, 0.15) is 28.2 Å². The zero-order valence-corrected chi connectivity index (χ0v) is 17.1. The van der Waals surface area contributed by atoms with E-state index in [1.807, 2.05) is 35.9 Å². The molecule has 1 N–H and O–H groups in total. The van der Waals surface area contributed by atoms with Gasteiger partial charge in [-0.1, -0.05) is 0 Å². The van der Waals surface area contributed by atoms with E-state index >= 15 is 0 Å². The highest BCUT2D eigenvalue weighted by Crippen LogP contribution is 2.39. The maximum Gasteiger partial charge on any atom is 0.263 e. The number of amides is 1. The molecule has 142 valence electrons. The minimum Gasteiger partial charge on any atom is -0.493 e. The summed E-state index contributed by atoms with van der Waals surface area (Å²) < 4.78 is 16.1. The van der Waals surface area contributed by atoms with E-state index in [1.165, 1.54) is 11.3 Å². The molecular formula is C19H20N2O4S2. The minimum absolute atomic E-state index is 0.171. The van der Waals surface area contributed by atoms with Gasteiger partial charge in [-0.3, -0.25) is 4.79 Å². The molecule has 0 fully saturated rings. The summed E-state index contributed by atoms with van der Waals surface area (Å²) in [5.74, 6) is 1.44. The van der Waals surface area contributed by atoms with Gasteiger partial charge in [0, 0.05) is 10.9 Å². The number of thiazole rings is 1. The van der Waals surface area contributed by atoms with Crippen LogP contribution in [0.5, 0.6) is 17.2 Å². The summed E-state index contributed by atoms with van der Waals surface area (Å²) in [5, 5.41) is 7.83. The number of hydrogen-bond acceptors (Lipinski definition) is 7. The zero-order valence-electron chi connectivity index (χ0n) is 15.4. The summed E-state index contributed by atoms with van der Waals surface area (Å²) >= 11 is 2.97. The van der Waals surface area contributed by atoms with E-state index in [1.54, 1.807) is 38.9 Å². The lowest BCUT2D eigenvalue weighted by atomic mass is 10.1. The standard InChI is InChI=1S/C19H20N2O4S2/c1-11(13-7-14(23-2)17(25-4)15(8-13)24-3)21-18(22)16-9-20-19(27-16)12-5-6-26-10-12/h5-11H,1-4H3,(H,21,22). The molecule has 0 spiro atoms. The molecule has 3 rings (SSSR count). The minimum atomic E-state index is -0.252. The van der Waals surface area contributed by atoms with Crippen molar-refractivity contribution >= 4 is 28.6 Å². The predicted octanol–water partition coefficient (Wildman–Crippen LogP) is 4.39. The van der Waals surface area contributed by atoms with E-state index in [9.17, 15) is 4.79 Å². The van der Waals surface area contributed by atoms with E-state index in [0.29, 0.717) is 22.1 Å². The van der Waals surface area contributed by atoms with E-state index in [-0.39, 0.29) is 11.9 Å². The predicted molar refractivity (Wildman–Crippen MR) is 107 cm³/mol. The van der Waals surface area contributed by atoms with Crippen LogP contribution < -0.4 is 19.5 Å². The first-order valence-corrected chi connectivity index (χ1v) is 9.92. The Morgan fingerprint density at radius 2 is 1.85 bits per heavy atom. The highest BCUT2D eigenvalue weighted by atomic mass is 32.1. The first-order valence-electron chi connectivity index (χ1n) is 8.16. The molecule has 1 atom stereocenters. The summed E-state index contributed by atoms with van der Waals surface area (Å²) in [6, 6.07) is 5.40. The molecule has 2 heterocycles. The third-order valence-electron chi connectivity index (χ3n) is 4.03. The van der Waals surface area contributed by atoms with Gasteiger partial charge in [0.2, 0.25) is 5.75 Å². The van der Waals surface area contributed by atoms with Crippen LogP contribution in [0.4, 0.5) is 0 Å². The van der Waals surface area contributed by atoms with Crippen LogP contribution in [-0.2, 0) is 0 Å². The molecule has 0 saturated heterocycles. The van der Waals surface area contributed by atoms with Crippen LogP contribution in [0, 0.1) is 0 Å². The number of nitrogens with zero attached hydrogens (tertiary/aromatic N) is 1. The topological polar surface area (TPSA) is 69.7 Å². The summed E-state index contributed by atoms with van der Waals surface area (Å²) in [5.41, 5.74) is 1.88. The number of hydrogen-bond donors (Lipinski definition) is 1. The quantitative estimate of drug-likeness (QED) is 0.632. The maximum atomic E-state index is 12.6. The van der Waals surface area contributed by atoms with E-state index in [0.717, 1.165) is 16.1 Å². The van der Waals surface area contributed by atoms with E-state index in [4.69, 9.17) is 14.2 Å². The number of carbonyl (C=O) groups is 1. The molecule has 2 aromatic heterocycles. The van der Waals surface area contributed by atoms with Crippen LogP contribution in [0.3, 0.4) is 0 Å². The van der Waals surface area contributed by atoms with Crippen molar-refractivity contribution in [2.24, 2.45) is 0 Å². The van der Waals surface area contributed by atoms with E-state index < -0.39 is 0 Å². The van der Waals surface area contributed by atoms with Crippen LogP contribution in [0.25, 0.3) is 10.6 Å². The Bertz CT molecular complexity index is 897. The fourth-order valence-corrected chi connectivity index (χ4v) is 4.13. The summed E-state index contributed by atoms with van der Waals surface area (Å²) in [6.45, 7) is 1.90. The van der Waals surface area contributed by atoms with Crippen LogP contribution >= 0.6 is 22.7 Å². The van der Waals surface area contributed by atoms with Gasteiger partial charge in [-0.2, -0.15) is 11.3 Å². The molecule has 0 aliphatic rings. The van der Waals surface area contributed by atoms with Crippen molar-refractivity contribution in [3.8, 4) is 27.8 Å². The molecule has 1 aromatic carbocycles. The SMILES string of the molecule is COc1cc(C(C)NC(=O)c2cnc(-c3ccsc3)s2)cc(OC)c1OC. The fraction of sp³-hybridized carbons (Fsp3) is 0.263. The number of methoxy groups -OCH3 is 3. The lowest BCUT2D eigenvalue weighted by Gasteiger charge is -2.18. The molecule has 0 aliphatic carbocycles. The molecule has 0 saturated carbocycles. The first-order chi connectivity index (χ1) is 13.1. The van der Waals surface area contributed by atoms with Crippen LogP contribution in [0.15, 0.2) is 35.2 Å². The second-order valence-corrected chi connectivity index (χ2v) is 7.51. The number of aromatic nitrogens is 1. The fourth-order valence-electron chi connectivity index (χ4n) is 2.60. The van der Waals surface area contributed by atoms with E-state index in [2.05, 4.69) is 10.3 Å². The van der Waals surface area contributed by atoms with Crippen molar-refractivity contribution in [2.75, 3.05) is 21.3 Å². The second-order valence-electron chi connectivity index (χ2n) is 5.70. The first kappa shape index (κ1) is 19.2. The highest BCUT2D eigenvalue weighted by Gasteiger charge is 2.19. The van der Waals surface area contributed by atoms with Gasteiger partial charge >= 0.3 is 0 Å². The molecule has 1 unspecified atom stereocenters. The number of carbonyl (C=O) groups excluding carboxylic acids is 1. The summed E-state index contributed by atoms with van der Waals surface area (Å²) in [4.78, 5) is 17.5. The van der Waals surface area contributed by atoms with Crippen LogP contribution in [0.2, 0.25) is 0 Å². The Morgan fingerprint density at radius 1 is 1.15 bits per heavy atom. The van der Waals surface area contributed by atoms with Gasteiger partial charge in [0.25, 0.3) is 5.91 Å². The van der Waals surface area contributed by atoms with Crippen LogP contribution in [-0.4, -0.2) is 32.2 Å². The smallest absolute Gasteiger partial charge is 0.263 e. The summed E-state index contributed by atoms with van der Waals surface area (Å²) in [7, 11) is 4.68. The van der Waals surface area contributed by atoms with Crippen molar-refractivity contribution in [1.82, 2.24) is 10.3 Å². The van der Waals surface area contributed by atoms with Gasteiger partial charge in [-0.15, -0.1) is 11.3 Å². The van der Waals surface area contributed by atoms with Crippen molar-refractivity contribution in [3.63, 3.8) is 0 Å². The van der Waals surface area contributed by atoms with Gasteiger partial charge in [0.15, 0.2) is 11.5 Å². The Morgan fingerprint density at radius 3 is 2.41 bits per heavy atom. The van der Waals surface area contributed by atoms with Crippen molar-refractivity contribution < 1.29 is 19.0 Å². The number of rotatable bonds is 7. The average molecular weight is 405 g/mol. The second kappa shape index (κ2) is 8.41. The van der Waals surface area contributed by atoms with Gasteiger partial charge < -0.3 is 19.5 Å². The third kappa shape index (κ3) is 4.06. The highest BCUT2D eigenvalue weighted by molar-refractivity contribution is 7.17. The molecule has 3 aromatic rings. The molecule has 0 radical (unpaired) electrons. The van der Waals surface area contributed by atoms with Gasteiger partial charge in [-0.25, -0.2) is 4.98 Å². The number of nitrogens with one attached hydrogen (secondary N) is 1. The third-order valence-corrected chi connectivity index (χ3v) is 5.76.